The summed E-state index contributed by atoms with van der Waals surface area (Å²) in [5.41, 5.74) is 4.90. The third-order valence-electron chi connectivity index (χ3n) is 5.79. The first kappa shape index (κ1) is 23.5. The van der Waals surface area contributed by atoms with Gasteiger partial charge in [-0.15, -0.1) is 0 Å². The first-order valence-electron chi connectivity index (χ1n) is 10.9. The van der Waals surface area contributed by atoms with Gasteiger partial charge in [0.15, 0.2) is 0 Å². The number of carbonyl (C=O) groups excluding carboxylic acids is 1. The molecule has 4 rings (SSSR count). The largest absolute Gasteiger partial charge is 0.495 e. The summed E-state index contributed by atoms with van der Waals surface area (Å²) in [5.74, 6) is -0.0727. The molecule has 1 amide bonds. The quantitative estimate of drug-likeness (QED) is 0.482. The summed E-state index contributed by atoms with van der Waals surface area (Å²) in [5, 5.41) is 2.95. The Hall–Kier alpha value is -3.62. The molecule has 1 aliphatic rings. The summed E-state index contributed by atoms with van der Waals surface area (Å²) >= 11 is 0. The molecule has 176 valence electrons. The van der Waals surface area contributed by atoms with Crippen LogP contribution in [-0.2, 0) is 27.8 Å². The molecular weight excluding hydrogens is 450 g/mol. The Morgan fingerprint density at radius 3 is 2.65 bits per heavy atom. The van der Waals surface area contributed by atoms with Crippen molar-refractivity contribution in [3.8, 4) is 5.75 Å². The van der Waals surface area contributed by atoms with Crippen LogP contribution in [0.25, 0.3) is 6.08 Å². The van der Waals surface area contributed by atoms with Crippen LogP contribution in [-0.4, -0.2) is 35.0 Å². The number of ether oxygens (including phenoxy) is 1. The topological polar surface area (TPSA) is 87.7 Å². The number of hydrogen-bond donors (Lipinski definition) is 2. The minimum absolute atomic E-state index is 0.0105. The predicted molar refractivity (Wildman–Crippen MR) is 135 cm³/mol. The molecule has 0 atom stereocenters. The molecule has 0 saturated carbocycles. The van der Waals surface area contributed by atoms with Crippen LogP contribution < -0.4 is 19.7 Å². The third-order valence-corrected chi connectivity index (χ3v) is 7.23. The number of carbonyl (C=O) groups is 1. The Balaban J connectivity index is 1.49. The van der Waals surface area contributed by atoms with E-state index in [-0.39, 0.29) is 16.6 Å². The van der Waals surface area contributed by atoms with E-state index in [2.05, 4.69) is 33.1 Å². The Morgan fingerprint density at radius 1 is 1.09 bits per heavy atom. The van der Waals surface area contributed by atoms with Crippen LogP contribution in [0.2, 0.25) is 0 Å². The molecule has 1 heterocycles. The molecular formula is C26H27N3O4S. The minimum Gasteiger partial charge on any atom is -0.495 e. The number of sulfonamides is 1. The molecule has 0 radical (unpaired) electrons. The monoisotopic (exact) mass is 477 g/mol. The molecule has 0 saturated heterocycles. The maximum absolute atomic E-state index is 12.7. The maximum atomic E-state index is 12.7. The molecule has 0 fully saturated rings. The Morgan fingerprint density at radius 2 is 1.85 bits per heavy atom. The molecule has 1 aliphatic heterocycles. The highest BCUT2D eigenvalue weighted by Gasteiger charge is 2.20. The molecule has 34 heavy (non-hydrogen) atoms. The molecule has 0 aliphatic carbocycles. The molecule has 0 aromatic heterocycles. The van der Waals surface area contributed by atoms with Gasteiger partial charge in [-0.3, -0.25) is 4.79 Å². The lowest BCUT2D eigenvalue weighted by molar-refractivity contribution is -0.111. The number of hydrogen-bond acceptors (Lipinski definition) is 5. The molecule has 0 unspecified atom stereocenters. The molecule has 8 heteroatoms. The highest BCUT2D eigenvalue weighted by atomic mass is 32.2. The summed E-state index contributed by atoms with van der Waals surface area (Å²) in [6.07, 6.45) is 3.98. The average molecular weight is 478 g/mol. The van der Waals surface area contributed by atoms with Crippen molar-refractivity contribution >= 4 is 33.4 Å². The minimum atomic E-state index is -3.70. The molecule has 0 spiro atoms. The fourth-order valence-electron chi connectivity index (χ4n) is 4.02. The van der Waals surface area contributed by atoms with E-state index < -0.39 is 10.0 Å². The van der Waals surface area contributed by atoms with Gasteiger partial charge in [-0.05, 0) is 60.5 Å². The molecule has 0 bridgehead atoms. The second-order valence-corrected chi connectivity index (χ2v) is 9.75. The van der Waals surface area contributed by atoms with Crippen LogP contribution in [0, 0.1) is 0 Å². The lowest BCUT2D eigenvalue weighted by atomic mass is 10.1. The van der Waals surface area contributed by atoms with Gasteiger partial charge in [0.05, 0.1) is 7.11 Å². The van der Waals surface area contributed by atoms with Crippen molar-refractivity contribution in [1.29, 1.82) is 0 Å². The van der Waals surface area contributed by atoms with Crippen molar-refractivity contribution in [2.24, 2.45) is 0 Å². The Kier molecular flexibility index (Phi) is 7.00. The lowest BCUT2D eigenvalue weighted by Gasteiger charge is -2.21. The van der Waals surface area contributed by atoms with Crippen molar-refractivity contribution in [1.82, 2.24) is 4.72 Å². The van der Waals surface area contributed by atoms with Gasteiger partial charge in [0.1, 0.15) is 10.6 Å². The number of anilines is 2. The number of nitrogens with one attached hydrogen (secondary N) is 2. The lowest BCUT2D eigenvalue weighted by Crippen LogP contribution is -2.21. The van der Waals surface area contributed by atoms with Crippen LogP contribution in [0.1, 0.15) is 16.7 Å². The van der Waals surface area contributed by atoms with Crippen molar-refractivity contribution in [3.05, 3.63) is 89.5 Å². The average Bonchev–Trinajstić information content (AvgIpc) is 3.26. The molecule has 3 aromatic rings. The van der Waals surface area contributed by atoms with E-state index in [1.54, 1.807) is 18.2 Å². The second kappa shape index (κ2) is 10.1. The summed E-state index contributed by atoms with van der Waals surface area (Å²) in [4.78, 5) is 15.0. The molecule has 2 N–H and O–H groups in total. The van der Waals surface area contributed by atoms with Crippen LogP contribution in [0.5, 0.6) is 5.75 Å². The van der Waals surface area contributed by atoms with Gasteiger partial charge >= 0.3 is 0 Å². The Bertz CT molecular complexity index is 1340. The van der Waals surface area contributed by atoms with Crippen molar-refractivity contribution in [2.45, 2.75) is 17.9 Å². The highest BCUT2D eigenvalue weighted by molar-refractivity contribution is 7.89. The van der Waals surface area contributed by atoms with E-state index in [1.807, 2.05) is 30.3 Å². The van der Waals surface area contributed by atoms with Crippen LogP contribution in [0.15, 0.2) is 77.7 Å². The number of fused-ring (bicyclic) bond motifs is 1. The molecule has 7 nitrogen and oxygen atoms in total. The fraction of sp³-hybridized carbons (Fsp3) is 0.192. The Labute approximate surface area is 200 Å². The van der Waals surface area contributed by atoms with E-state index in [1.165, 1.54) is 37.6 Å². The van der Waals surface area contributed by atoms with E-state index in [9.17, 15) is 13.2 Å². The smallest absolute Gasteiger partial charge is 0.248 e. The SMILES string of the molecule is CNS(=O)(=O)c1cc(C=CC(=O)Nc2ccccc2CN2CCc3ccccc32)ccc1OC. The van der Waals surface area contributed by atoms with Gasteiger partial charge in [-0.25, -0.2) is 13.1 Å². The highest BCUT2D eigenvalue weighted by Crippen LogP contribution is 2.30. The van der Waals surface area contributed by atoms with Gasteiger partial charge in [-0.2, -0.15) is 0 Å². The number of para-hydroxylation sites is 2. The third kappa shape index (κ3) is 5.13. The first-order chi connectivity index (χ1) is 16.4. The van der Waals surface area contributed by atoms with Gasteiger partial charge in [-0.1, -0.05) is 42.5 Å². The van der Waals surface area contributed by atoms with Gasteiger partial charge in [0.2, 0.25) is 15.9 Å². The summed E-state index contributed by atoms with van der Waals surface area (Å²) in [7, 11) is -0.959. The summed E-state index contributed by atoms with van der Waals surface area (Å²) in [6.45, 7) is 1.64. The van der Waals surface area contributed by atoms with Gasteiger partial charge < -0.3 is 15.0 Å². The second-order valence-electron chi connectivity index (χ2n) is 7.90. The van der Waals surface area contributed by atoms with E-state index in [0.717, 1.165) is 24.2 Å². The van der Waals surface area contributed by atoms with E-state index in [0.29, 0.717) is 12.1 Å². The van der Waals surface area contributed by atoms with Gasteiger partial charge in [0, 0.05) is 30.5 Å². The first-order valence-corrected chi connectivity index (χ1v) is 12.4. The number of rotatable bonds is 8. The zero-order valence-electron chi connectivity index (χ0n) is 19.1. The standard InChI is InChI=1S/C26H27N3O4S/c1-27-34(31,32)25-17-19(11-13-24(25)33-2)12-14-26(30)28-22-9-5-3-8-21(22)18-29-16-15-20-7-4-6-10-23(20)29/h3-14,17,27H,15-16,18H2,1-2H3,(H,28,30). The number of methoxy groups -OCH3 is 1. The summed E-state index contributed by atoms with van der Waals surface area (Å²) in [6, 6.07) is 20.8. The summed E-state index contributed by atoms with van der Waals surface area (Å²) < 4.78 is 32.0. The normalized spacial score (nSPS) is 13.2. The zero-order chi connectivity index (χ0) is 24.1. The maximum Gasteiger partial charge on any atom is 0.248 e. The number of nitrogens with zero attached hydrogens (tertiary/aromatic N) is 1. The fourth-order valence-corrected chi connectivity index (χ4v) is 4.95. The van der Waals surface area contributed by atoms with Crippen LogP contribution in [0.4, 0.5) is 11.4 Å². The van der Waals surface area contributed by atoms with Crippen LogP contribution in [0.3, 0.4) is 0 Å². The van der Waals surface area contributed by atoms with Crippen LogP contribution >= 0.6 is 0 Å². The van der Waals surface area contributed by atoms with Crippen molar-refractivity contribution in [2.75, 3.05) is 30.9 Å². The number of amides is 1. The van der Waals surface area contributed by atoms with Crippen molar-refractivity contribution in [3.63, 3.8) is 0 Å². The zero-order valence-corrected chi connectivity index (χ0v) is 19.9. The molecule has 3 aromatic carbocycles. The van der Waals surface area contributed by atoms with Gasteiger partial charge in [0.25, 0.3) is 0 Å². The van der Waals surface area contributed by atoms with E-state index >= 15 is 0 Å². The number of benzene rings is 3. The predicted octanol–water partition coefficient (Wildman–Crippen LogP) is 3.82. The van der Waals surface area contributed by atoms with E-state index in [4.69, 9.17) is 4.74 Å². The van der Waals surface area contributed by atoms with Crippen molar-refractivity contribution < 1.29 is 17.9 Å².